The van der Waals surface area contributed by atoms with Gasteiger partial charge in [-0.25, -0.2) is 15.0 Å². The molecule has 0 aliphatic rings. The first-order chi connectivity index (χ1) is 13.1. The van der Waals surface area contributed by atoms with Crippen LogP contribution in [0, 0.1) is 13.8 Å². The van der Waals surface area contributed by atoms with E-state index >= 15 is 0 Å². The van der Waals surface area contributed by atoms with Gasteiger partial charge in [-0.15, -0.1) is 0 Å². The maximum absolute atomic E-state index is 9.57. The van der Waals surface area contributed by atoms with Crippen molar-refractivity contribution < 1.29 is 5.11 Å². The highest BCUT2D eigenvalue weighted by atomic mass is 16.3. The van der Waals surface area contributed by atoms with Gasteiger partial charge in [0.1, 0.15) is 12.1 Å². The molecule has 4 aromatic rings. The zero-order chi connectivity index (χ0) is 18.8. The van der Waals surface area contributed by atoms with Gasteiger partial charge >= 0.3 is 0 Å². The summed E-state index contributed by atoms with van der Waals surface area (Å²) in [5, 5.41) is 12.8. The summed E-state index contributed by atoms with van der Waals surface area (Å²) in [6.07, 6.45) is 3.54. The number of nitrogens with one attached hydrogen (secondary N) is 1. The lowest BCUT2D eigenvalue weighted by molar-refractivity contribution is 0.272. The molecular formula is C21H19N5O. The van der Waals surface area contributed by atoms with E-state index in [-0.39, 0.29) is 6.61 Å². The summed E-state index contributed by atoms with van der Waals surface area (Å²) in [5.41, 5.74) is 6.19. The minimum atomic E-state index is -0.245. The number of aromatic nitrogens is 4. The summed E-state index contributed by atoms with van der Waals surface area (Å²) < 4.78 is 0. The molecule has 134 valence electrons. The molecule has 0 aliphatic heterocycles. The Labute approximate surface area is 157 Å². The van der Waals surface area contributed by atoms with E-state index in [1.165, 1.54) is 5.56 Å². The van der Waals surface area contributed by atoms with Crippen molar-refractivity contribution in [1.29, 1.82) is 0 Å². The molecule has 0 radical (unpaired) electrons. The number of anilines is 2. The van der Waals surface area contributed by atoms with E-state index in [0.717, 1.165) is 22.5 Å². The van der Waals surface area contributed by atoms with Crippen LogP contribution in [-0.2, 0) is 6.61 Å². The third kappa shape index (κ3) is 3.47. The third-order valence-electron chi connectivity index (χ3n) is 4.32. The maximum Gasteiger partial charge on any atom is 0.160 e. The Kier molecular flexibility index (Phi) is 4.48. The van der Waals surface area contributed by atoms with Gasteiger partial charge < -0.3 is 10.4 Å². The summed E-state index contributed by atoms with van der Waals surface area (Å²) in [7, 11) is 0. The number of aryl methyl sites for hydroxylation is 2. The smallest absolute Gasteiger partial charge is 0.160 e. The highest BCUT2D eigenvalue weighted by molar-refractivity contribution is 5.89. The topological polar surface area (TPSA) is 83.8 Å². The number of fused-ring (bicyclic) bond motifs is 1. The van der Waals surface area contributed by atoms with Crippen molar-refractivity contribution in [3.05, 3.63) is 71.8 Å². The molecule has 0 unspecified atom stereocenters. The number of hydrogen-bond donors (Lipinski definition) is 2. The summed E-state index contributed by atoms with van der Waals surface area (Å²) in [6.45, 7) is 3.80. The van der Waals surface area contributed by atoms with Crippen LogP contribution in [0.1, 0.15) is 17.0 Å². The molecule has 0 aliphatic carbocycles. The van der Waals surface area contributed by atoms with Crippen molar-refractivity contribution in [2.75, 3.05) is 5.32 Å². The van der Waals surface area contributed by atoms with Crippen LogP contribution >= 0.6 is 0 Å². The van der Waals surface area contributed by atoms with Gasteiger partial charge in [-0.3, -0.25) is 4.98 Å². The first-order valence-electron chi connectivity index (χ1n) is 8.67. The van der Waals surface area contributed by atoms with Crippen LogP contribution in [0.5, 0.6) is 0 Å². The van der Waals surface area contributed by atoms with Crippen molar-refractivity contribution in [3.63, 3.8) is 0 Å². The van der Waals surface area contributed by atoms with E-state index in [2.05, 4.69) is 25.3 Å². The van der Waals surface area contributed by atoms with Gasteiger partial charge in [0.2, 0.25) is 0 Å². The number of hydrogen-bond acceptors (Lipinski definition) is 6. The summed E-state index contributed by atoms with van der Waals surface area (Å²) in [4.78, 5) is 17.9. The molecule has 0 amide bonds. The second kappa shape index (κ2) is 7.09. The molecule has 27 heavy (non-hydrogen) atoms. The molecule has 0 saturated heterocycles. The van der Waals surface area contributed by atoms with E-state index in [1.54, 1.807) is 12.4 Å². The molecule has 6 nitrogen and oxygen atoms in total. The molecule has 0 spiro atoms. The van der Waals surface area contributed by atoms with Crippen molar-refractivity contribution in [2.24, 2.45) is 0 Å². The highest BCUT2D eigenvalue weighted by Crippen LogP contribution is 2.27. The molecule has 4 rings (SSSR count). The number of aliphatic hydroxyl groups excluding tert-OH is 1. The molecule has 1 aromatic carbocycles. The van der Waals surface area contributed by atoms with Gasteiger partial charge in [-0.1, -0.05) is 23.8 Å². The minimum absolute atomic E-state index is 0.245. The number of aliphatic hydroxyl groups is 1. The maximum atomic E-state index is 9.57. The normalized spacial score (nSPS) is 10.9. The second-order valence-corrected chi connectivity index (χ2v) is 6.40. The zero-order valence-corrected chi connectivity index (χ0v) is 15.1. The van der Waals surface area contributed by atoms with E-state index in [9.17, 15) is 5.11 Å². The quantitative estimate of drug-likeness (QED) is 0.575. The van der Waals surface area contributed by atoms with Crippen LogP contribution in [0.3, 0.4) is 0 Å². The van der Waals surface area contributed by atoms with E-state index in [0.29, 0.717) is 22.7 Å². The molecule has 0 saturated carbocycles. The van der Waals surface area contributed by atoms with Gasteiger partial charge in [0, 0.05) is 23.6 Å². The van der Waals surface area contributed by atoms with Crippen molar-refractivity contribution in [1.82, 2.24) is 19.9 Å². The number of benzene rings is 1. The van der Waals surface area contributed by atoms with Crippen LogP contribution in [0.2, 0.25) is 0 Å². The fourth-order valence-electron chi connectivity index (χ4n) is 2.92. The molecule has 6 heteroatoms. The van der Waals surface area contributed by atoms with Gasteiger partial charge in [0.15, 0.2) is 11.6 Å². The zero-order valence-electron chi connectivity index (χ0n) is 15.1. The van der Waals surface area contributed by atoms with Crippen molar-refractivity contribution >= 4 is 22.5 Å². The molecular weight excluding hydrogens is 338 g/mol. The van der Waals surface area contributed by atoms with Gasteiger partial charge in [0.25, 0.3) is 0 Å². The van der Waals surface area contributed by atoms with Gasteiger partial charge in [-0.2, -0.15) is 0 Å². The van der Waals surface area contributed by atoms with Gasteiger partial charge in [0.05, 0.1) is 11.2 Å². The average molecular weight is 357 g/mol. The summed E-state index contributed by atoms with van der Waals surface area (Å²) in [5.74, 6) is 0.908. The molecule has 0 atom stereocenters. The average Bonchev–Trinajstić information content (AvgIpc) is 2.69. The molecule has 3 aromatic heterocycles. The molecule has 3 heterocycles. The minimum Gasteiger partial charge on any atom is -0.388 e. The predicted octanol–water partition coefficient (Wildman–Crippen LogP) is 3.94. The standard InChI is InChI=1S/C21H19N5O/c1-13-5-7-16(8-6-13)24-21-20-17(25-18(12-27)26-21)10-15(11-23-20)19-14(2)4-3-9-22-19/h3-11,27H,12H2,1-2H3,(H,24,25,26). The SMILES string of the molecule is Cc1ccc(Nc2nc(CO)nc3cc(-c4ncccc4C)cnc23)cc1. The Balaban J connectivity index is 1.82. The fourth-order valence-corrected chi connectivity index (χ4v) is 2.92. The first kappa shape index (κ1) is 17.1. The van der Waals surface area contributed by atoms with Crippen LogP contribution in [0.25, 0.3) is 22.3 Å². The predicted molar refractivity (Wildman–Crippen MR) is 106 cm³/mol. The first-order valence-corrected chi connectivity index (χ1v) is 8.67. The van der Waals surface area contributed by atoms with E-state index in [1.807, 2.05) is 56.3 Å². The van der Waals surface area contributed by atoms with E-state index in [4.69, 9.17) is 0 Å². The Hall–Kier alpha value is -3.38. The summed E-state index contributed by atoms with van der Waals surface area (Å²) >= 11 is 0. The Bertz CT molecular complexity index is 1110. The van der Waals surface area contributed by atoms with Crippen LogP contribution < -0.4 is 5.32 Å². The van der Waals surface area contributed by atoms with Gasteiger partial charge in [-0.05, 0) is 43.7 Å². The Morgan fingerprint density at radius 1 is 1.00 bits per heavy atom. The lowest BCUT2D eigenvalue weighted by Gasteiger charge is -2.11. The highest BCUT2D eigenvalue weighted by Gasteiger charge is 2.12. The fraction of sp³-hybridized carbons (Fsp3) is 0.143. The molecule has 0 fully saturated rings. The van der Waals surface area contributed by atoms with E-state index < -0.39 is 0 Å². The molecule has 2 N–H and O–H groups in total. The monoisotopic (exact) mass is 357 g/mol. The van der Waals surface area contributed by atoms with Crippen LogP contribution in [-0.4, -0.2) is 25.0 Å². The van der Waals surface area contributed by atoms with Crippen LogP contribution in [0.15, 0.2) is 54.9 Å². The summed E-state index contributed by atoms with van der Waals surface area (Å²) in [6, 6.07) is 13.8. The second-order valence-electron chi connectivity index (χ2n) is 6.40. The van der Waals surface area contributed by atoms with Crippen LogP contribution in [0.4, 0.5) is 11.5 Å². The molecule has 0 bridgehead atoms. The number of pyridine rings is 2. The largest absolute Gasteiger partial charge is 0.388 e. The third-order valence-corrected chi connectivity index (χ3v) is 4.32. The lowest BCUT2D eigenvalue weighted by atomic mass is 10.1. The Morgan fingerprint density at radius 3 is 2.56 bits per heavy atom. The number of rotatable bonds is 4. The van der Waals surface area contributed by atoms with Crippen molar-refractivity contribution in [3.8, 4) is 11.3 Å². The Morgan fingerprint density at radius 2 is 1.81 bits per heavy atom. The lowest BCUT2D eigenvalue weighted by Crippen LogP contribution is -2.03. The van der Waals surface area contributed by atoms with Crippen molar-refractivity contribution in [2.45, 2.75) is 20.5 Å². The number of nitrogens with zero attached hydrogens (tertiary/aromatic N) is 4.